The van der Waals surface area contributed by atoms with Crippen molar-refractivity contribution in [1.82, 2.24) is 0 Å². The second-order valence-corrected chi connectivity index (χ2v) is 4.09. The van der Waals surface area contributed by atoms with Gasteiger partial charge in [-0.1, -0.05) is 30.3 Å². The number of rotatable bonds is 2. The van der Waals surface area contributed by atoms with Crippen molar-refractivity contribution < 1.29 is 4.79 Å². The van der Waals surface area contributed by atoms with E-state index in [0.717, 1.165) is 24.7 Å². The van der Waals surface area contributed by atoms with Crippen LogP contribution in [-0.2, 0) is 24.1 Å². The summed E-state index contributed by atoms with van der Waals surface area (Å²) in [7, 11) is 0. The first-order chi connectivity index (χ1) is 7.40. The van der Waals surface area contributed by atoms with E-state index < -0.39 is 0 Å². The van der Waals surface area contributed by atoms with Crippen LogP contribution in [0.4, 0.5) is 0 Å². The van der Waals surface area contributed by atoms with Gasteiger partial charge >= 0.3 is 0 Å². The van der Waals surface area contributed by atoms with E-state index >= 15 is 0 Å². The van der Waals surface area contributed by atoms with Gasteiger partial charge in [-0.15, -0.1) is 0 Å². The fourth-order valence-electron chi connectivity index (χ4n) is 2.58. The Morgan fingerprint density at radius 3 is 2.67 bits per heavy atom. The van der Waals surface area contributed by atoms with E-state index in [1.54, 1.807) is 0 Å². The average molecular weight is 196 g/mol. The monoisotopic (exact) mass is 196 g/mol. The molecule has 0 atom stereocenters. The summed E-state index contributed by atoms with van der Waals surface area (Å²) in [6.07, 6.45) is 3.81. The highest BCUT2D eigenvalue weighted by Crippen LogP contribution is 2.32. The lowest BCUT2D eigenvalue weighted by atomic mass is 9.99. The molecule has 0 aliphatic heterocycles. The molecular weight excluding hydrogens is 184 g/mol. The normalized spacial score (nSPS) is 13.3. The molecular formula is C14H12O. The first-order valence-electron chi connectivity index (χ1n) is 5.36. The lowest BCUT2D eigenvalue weighted by Crippen LogP contribution is -1.89. The summed E-state index contributed by atoms with van der Waals surface area (Å²) in [6.45, 7) is 0. The molecule has 0 spiro atoms. The summed E-state index contributed by atoms with van der Waals surface area (Å²) in [5, 5.41) is 2.67. The largest absolute Gasteiger partial charge is 0.303 e. The second-order valence-electron chi connectivity index (χ2n) is 4.09. The van der Waals surface area contributed by atoms with Crippen LogP contribution in [0.5, 0.6) is 0 Å². The molecule has 0 radical (unpaired) electrons. The van der Waals surface area contributed by atoms with Crippen LogP contribution in [0.1, 0.15) is 16.7 Å². The highest BCUT2D eigenvalue weighted by Gasteiger charge is 2.14. The summed E-state index contributed by atoms with van der Waals surface area (Å²) in [5.41, 5.74) is 4.04. The quantitative estimate of drug-likeness (QED) is 0.675. The van der Waals surface area contributed by atoms with E-state index in [1.807, 2.05) is 0 Å². The minimum atomic E-state index is 0.528. The smallest absolute Gasteiger partial charge is 0.124 e. The molecule has 2 aromatic rings. The third-order valence-corrected chi connectivity index (χ3v) is 3.27. The van der Waals surface area contributed by atoms with Gasteiger partial charge in [-0.2, -0.15) is 0 Å². The Labute approximate surface area is 88.7 Å². The fourth-order valence-corrected chi connectivity index (χ4v) is 2.58. The Balaban J connectivity index is 2.38. The molecule has 1 heteroatoms. The van der Waals surface area contributed by atoms with Gasteiger partial charge < -0.3 is 4.79 Å². The van der Waals surface area contributed by atoms with E-state index in [9.17, 15) is 4.79 Å². The third kappa shape index (κ3) is 1.19. The van der Waals surface area contributed by atoms with Gasteiger partial charge in [0.25, 0.3) is 0 Å². The molecule has 0 N–H and O–H groups in total. The van der Waals surface area contributed by atoms with E-state index in [0.29, 0.717) is 6.42 Å². The summed E-state index contributed by atoms with van der Waals surface area (Å²) in [4.78, 5) is 10.6. The van der Waals surface area contributed by atoms with Crippen molar-refractivity contribution in [2.24, 2.45) is 0 Å². The third-order valence-electron chi connectivity index (χ3n) is 3.27. The van der Waals surface area contributed by atoms with Crippen molar-refractivity contribution in [2.75, 3.05) is 0 Å². The van der Waals surface area contributed by atoms with Crippen LogP contribution in [0, 0.1) is 0 Å². The molecule has 0 saturated carbocycles. The average Bonchev–Trinajstić information content (AvgIpc) is 2.68. The summed E-state index contributed by atoms with van der Waals surface area (Å²) in [6, 6.07) is 10.7. The zero-order valence-corrected chi connectivity index (χ0v) is 8.49. The van der Waals surface area contributed by atoms with Crippen LogP contribution < -0.4 is 0 Å². The highest BCUT2D eigenvalue weighted by atomic mass is 16.1. The maximum absolute atomic E-state index is 10.6. The van der Waals surface area contributed by atoms with Crippen molar-refractivity contribution in [1.29, 1.82) is 0 Å². The second kappa shape index (κ2) is 3.20. The first kappa shape index (κ1) is 8.66. The topological polar surface area (TPSA) is 17.1 Å². The van der Waals surface area contributed by atoms with Crippen LogP contribution in [0.15, 0.2) is 30.3 Å². The molecule has 1 aliphatic carbocycles. The Morgan fingerprint density at radius 2 is 1.87 bits per heavy atom. The van der Waals surface area contributed by atoms with Gasteiger partial charge in [0, 0.05) is 6.42 Å². The number of aryl methyl sites for hydroxylation is 2. The predicted octanol–water partition coefficient (Wildman–Crippen LogP) is 2.68. The van der Waals surface area contributed by atoms with E-state index in [4.69, 9.17) is 0 Å². The van der Waals surface area contributed by atoms with Gasteiger partial charge in [-0.3, -0.25) is 0 Å². The molecule has 1 nitrogen and oxygen atoms in total. The van der Waals surface area contributed by atoms with Gasteiger partial charge in [-0.25, -0.2) is 0 Å². The van der Waals surface area contributed by atoms with Crippen molar-refractivity contribution >= 4 is 17.1 Å². The molecule has 0 aromatic heterocycles. The maximum atomic E-state index is 10.6. The molecule has 0 fully saturated rings. The number of carbonyl (C=O) groups excluding carboxylic acids is 1. The highest BCUT2D eigenvalue weighted by molar-refractivity contribution is 5.94. The molecule has 2 aromatic carbocycles. The molecule has 0 heterocycles. The van der Waals surface area contributed by atoms with Crippen molar-refractivity contribution in [3.63, 3.8) is 0 Å². The summed E-state index contributed by atoms with van der Waals surface area (Å²) < 4.78 is 0. The number of benzene rings is 2. The van der Waals surface area contributed by atoms with E-state index in [-0.39, 0.29) is 0 Å². The molecule has 0 unspecified atom stereocenters. The molecule has 0 amide bonds. The zero-order valence-electron chi connectivity index (χ0n) is 8.49. The van der Waals surface area contributed by atoms with Gasteiger partial charge in [-0.05, 0) is 40.3 Å². The summed E-state index contributed by atoms with van der Waals surface area (Å²) >= 11 is 0. The van der Waals surface area contributed by atoms with Gasteiger partial charge in [0.2, 0.25) is 0 Å². The minimum Gasteiger partial charge on any atom is -0.303 e. The Hall–Kier alpha value is -1.63. The Kier molecular flexibility index (Phi) is 1.84. The maximum Gasteiger partial charge on any atom is 0.124 e. The number of hydrogen-bond acceptors (Lipinski definition) is 1. The van der Waals surface area contributed by atoms with Crippen LogP contribution >= 0.6 is 0 Å². The Bertz CT molecular complexity index is 530. The molecule has 74 valence electrons. The van der Waals surface area contributed by atoms with Gasteiger partial charge in [0.05, 0.1) is 0 Å². The molecule has 0 saturated heterocycles. The van der Waals surface area contributed by atoms with E-state index in [2.05, 4.69) is 30.3 Å². The van der Waals surface area contributed by atoms with Crippen molar-refractivity contribution in [3.05, 3.63) is 47.0 Å². The van der Waals surface area contributed by atoms with Crippen molar-refractivity contribution in [3.8, 4) is 0 Å². The van der Waals surface area contributed by atoms with Crippen LogP contribution in [0.25, 0.3) is 10.8 Å². The summed E-state index contributed by atoms with van der Waals surface area (Å²) in [5.74, 6) is 0. The number of hydrogen-bond donors (Lipinski definition) is 0. The molecule has 3 rings (SSSR count). The first-order valence-corrected chi connectivity index (χ1v) is 5.36. The van der Waals surface area contributed by atoms with Gasteiger partial charge in [0.15, 0.2) is 0 Å². The van der Waals surface area contributed by atoms with Crippen LogP contribution in [0.3, 0.4) is 0 Å². The lowest BCUT2D eigenvalue weighted by Gasteiger charge is -2.06. The van der Waals surface area contributed by atoms with Crippen molar-refractivity contribution in [2.45, 2.75) is 19.3 Å². The molecule has 0 bridgehead atoms. The van der Waals surface area contributed by atoms with Gasteiger partial charge in [0.1, 0.15) is 6.29 Å². The minimum absolute atomic E-state index is 0.528. The van der Waals surface area contributed by atoms with Crippen LogP contribution in [0.2, 0.25) is 0 Å². The fraction of sp³-hybridized carbons (Fsp3) is 0.214. The van der Waals surface area contributed by atoms with Crippen LogP contribution in [-0.4, -0.2) is 6.29 Å². The standard InChI is InChI=1S/C14H12O/c15-9-8-10-4-5-12-7-6-11-2-1-3-13(10)14(11)12/h1-5,9H,6-8H2. The Morgan fingerprint density at radius 1 is 1.07 bits per heavy atom. The zero-order chi connectivity index (χ0) is 10.3. The predicted molar refractivity (Wildman–Crippen MR) is 61.1 cm³/mol. The lowest BCUT2D eigenvalue weighted by molar-refractivity contribution is -0.107. The SMILES string of the molecule is O=CCc1ccc2c3c(cccc13)CC2. The van der Waals surface area contributed by atoms with E-state index in [1.165, 1.54) is 21.9 Å². The molecule has 1 aliphatic rings. The molecule has 15 heavy (non-hydrogen) atoms. The number of aldehydes is 1. The number of carbonyl (C=O) groups is 1.